The number of aromatic nitrogens is 1. The molecule has 2 rings (SSSR count). The molecule has 1 aromatic rings. The molecular formula is C11H16N4O3. The smallest absolute Gasteiger partial charge is 0.287 e. The Balaban J connectivity index is 2.16. The molecule has 1 aliphatic heterocycles. The Hall–Kier alpha value is -1.89. The van der Waals surface area contributed by atoms with Gasteiger partial charge in [0, 0.05) is 31.2 Å². The minimum absolute atomic E-state index is 0.0797. The molecule has 2 atom stereocenters. The summed E-state index contributed by atoms with van der Waals surface area (Å²) in [6.07, 6.45) is 1.24. The monoisotopic (exact) mass is 252 g/mol. The summed E-state index contributed by atoms with van der Waals surface area (Å²) in [6.45, 7) is 5.29. The average molecular weight is 252 g/mol. The molecule has 0 aliphatic carbocycles. The van der Waals surface area contributed by atoms with Crippen molar-refractivity contribution in [1.82, 2.24) is 15.2 Å². The third-order valence-corrected chi connectivity index (χ3v) is 3.13. The molecule has 1 saturated heterocycles. The van der Waals surface area contributed by atoms with Crippen LogP contribution in [0, 0.1) is 10.1 Å². The summed E-state index contributed by atoms with van der Waals surface area (Å²) in [5.41, 5.74) is 0.178. The Morgan fingerprint density at radius 1 is 1.56 bits per heavy atom. The molecular weight excluding hydrogens is 236 g/mol. The maximum Gasteiger partial charge on any atom is 0.287 e. The summed E-state index contributed by atoms with van der Waals surface area (Å²) in [4.78, 5) is 26.7. The lowest BCUT2D eigenvalue weighted by Gasteiger charge is -2.37. The lowest BCUT2D eigenvalue weighted by molar-refractivity contribution is -0.384. The topological polar surface area (TPSA) is 91.3 Å². The van der Waals surface area contributed by atoms with Crippen LogP contribution in [0.1, 0.15) is 24.3 Å². The van der Waals surface area contributed by atoms with E-state index in [1.807, 2.05) is 13.8 Å². The van der Waals surface area contributed by atoms with Crippen LogP contribution in [0.25, 0.3) is 0 Å². The van der Waals surface area contributed by atoms with E-state index >= 15 is 0 Å². The molecule has 1 amide bonds. The number of rotatable bonds is 2. The van der Waals surface area contributed by atoms with Crippen LogP contribution in [0.5, 0.6) is 0 Å². The Morgan fingerprint density at radius 3 is 2.89 bits per heavy atom. The number of carbonyl (C=O) groups excluding carboxylic acids is 1. The predicted octanol–water partition coefficient (Wildman–Crippen LogP) is 0.745. The van der Waals surface area contributed by atoms with E-state index in [9.17, 15) is 14.9 Å². The number of amides is 1. The molecule has 0 saturated carbocycles. The first kappa shape index (κ1) is 12.6. The van der Waals surface area contributed by atoms with Gasteiger partial charge in [0.15, 0.2) is 0 Å². The van der Waals surface area contributed by atoms with Crippen LogP contribution in [0.4, 0.5) is 5.69 Å². The predicted molar refractivity (Wildman–Crippen MR) is 65.4 cm³/mol. The normalized spacial score (nSPS) is 24.0. The number of H-pyrrole nitrogens is 1. The maximum atomic E-state index is 12.2. The van der Waals surface area contributed by atoms with Gasteiger partial charge < -0.3 is 15.2 Å². The second-order valence-electron chi connectivity index (χ2n) is 4.64. The highest BCUT2D eigenvalue weighted by molar-refractivity contribution is 5.93. The van der Waals surface area contributed by atoms with Gasteiger partial charge in [0.1, 0.15) is 5.69 Å². The molecule has 7 heteroatoms. The number of piperazine rings is 1. The fourth-order valence-corrected chi connectivity index (χ4v) is 2.07. The molecule has 0 spiro atoms. The SMILES string of the molecule is CC1CN(C(=O)c2cc([N+](=O)[O-])c[nH]2)C(C)CN1. The number of aromatic amines is 1. The lowest BCUT2D eigenvalue weighted by Crippen LogP contribution is -2.56. The fourth-order valence-electron chi connectivity index (χ4n) is 2.07. The lowest BCUT2D eigenvalue weighted by atomic mass is 10.1. The van der Waals surface area contributed by atoms with Gasteiger partial charge in [-0.2, -0.15) is 0 Å². The van der Waals surface area contributed by atoms with E-state index in [2.05, 4.69) is 10.3 Å². The largest absolute Gasteiger partial charge is 0.351 e. The summed E-state index contributed by atoms with van der Waals surface area (Å²) in [5.74, 6) is -0.191. The van der Waals surface area contributed by atoms with E-state index in [4.69, 9.17) is 0 Å². The molecule has 7 nitrogen and oxygen atoms in total. The molecule has 1 fully saturated rings. The zero-order valence-corrected chi connectivity index (χ0v) is 10.3. The molecule has 2 unspecified atom stereocenters. The van der Waals surface area contributed by atoms with Crippen molar-refractivity contribution < 1.29 is 9.72 Å². The van der Waals surface area contributed by atoms with Crippen molar-refractivity contribution in [3.05, 3.63) is 28.1 Å². The van der Waals surface area contributed by atoms with Gasteiger partial charge in [0.05, 0.1) is 11.1 Å². The van der Waals surface area contributed by atoms with Crippen molar-refractivity contribution in [3.8, 4) is 0 Å². The quantitative estimate of drug-likeness (QED) is 0.600. The van der Waals surface area contributed by atoms with Gasteiger partial charge in [-0.25, -0.2) is 0 Å². The van der Waals surface area contributed by atoms with Gasteiger partial charge >= 0.3 is 0 Å². The Morgan fingerprint density at radius 2 is 2.28 bits per heavy atom. The minimum atomic E-state index is -0.517. The van der Waals surface area contributed by atoms with Crippen LogP contribution in [0.3, 0.4) is 0 Å². The molecule has 0 radical (unpaired) electrons. The van der Waals surface area contributed by atoms with E-state index in [-0.39, 0.29) is 29.4 Å². The maximum absolute atomic E-state index is 12.2. The van der Waals surface area contributed by atoms with Gasteiger partial charge in [-0.05, 0) is 13.8 Å². The standard InChI is InChI=1S/C11H16N4O3/c1-7-6-14(8(2)4-12-7)11(16)10-3-9(5-13-10)15(17)18/h3,5,7-8,12-13H,4,6H2,1-2H3. The molecule has 0 aromatic carbocycles. The van der Waals surface area contributed by atoms with Gasteiger partial charge in [0.25, 0.3) is 11.6 Å². The van der Waals surface area contributed by atoms with E-state index < -0.39 is 4.92 Å². The first-order chi connectivity index (χ1) is 8.49. The number of carbonyl (C=O) groups is 1. The van der Waals surface area contributed by atoms with Crippen LogP contribution in [0.15, 0.2) is 12.3 Å². The molecule has 1 aliphatic rings. The van der Waals surface area contributed by atoms with E-state index in [0.29, 0.717) is 6.54 Å². The van der Waals surface area contributed by atoms with Crippen LogP contribution < -0.4 is 5.32 Å². The summed E-state index contributed by atoms with van der Waals surface area (Å²) in [7, 11) is 0. The molecule has 98 valence electrons. The zero-order valence-electron chi connectivity index (χ0n) is 10.3. The Kier molecular flexibility index (Phi) is 3.33. The van der Waals surface area contributed by atoms with E-state index in [0.717, 1.165) is 6.54 Å². The third-order valence-electron chi connectivity index (χ3n) is 3.13. The molecule has 2 heterocycles. The molecule has 0 bridgehead atoms. The highest BCUT2D eigenvalue weighted by Gasteiger charge is 2.28. The van der Waals surface area contributed by atoms with Crippen LogP contribution in [0.2, 0.25) is 0 Å². The Labute approximate surface area is 104 Å². The second kappa shape index (κ2) is 4.77. The van der Waals surface area contributed by atoms with Crippen LogP contribution in [-0.4, -0.2) is 45.9 Å². The van der Waals surface area contributed by atoms with E-state index in [1.54, 1.807) is 4.90 Å². The first-order valence-electron chi connectivity index (χ1n) is 5.86. The highest BCUT2D eigenvalue weighted by Crippen LogP contribution is 2.16. The van der Waals surface area contributed by atoms with Crippen molar-refractivity contribution in [2.75, 3.05) is 13.1 Å². The van der Waals surface area contributed by atoms with E-state index in [1.165, 1.54) is 12.3 Å². The van der Waals surface area contributed by atoms with Crippen molar-refractivity contribution in [3.63, 3.8) is 0 Å². The van der Waals surface area contributed by atoms with Crippen LogP contribution in [-0.2, 0) is 0 Å². The number of nitro groups is 1. The number of nitrogens with one attached hydrogen (secondary N) is 2. The first-order valence-corrected chi connectivity index (χ1v) is 5.86. The number of hydrogen-bond acceptors (Lipinski definition) is 4. The third kappa shape index (κ3) is 2.35. The number of hydrogen-bond donors (Lipinski definition) is 2. The minimum Gasteiger partial charge on any atom is -0.351 e. The van der Waals surface area contributed by atoms with Crippen molar-refractivity contribution >= 4 is 11.6 Å². The molecule has 2 N–H and O–H groups in total. The average Bonchev–Trinajstić information content (AvgIpc) is 2.81. The summed E-state index contributed by atoms with van der Waals surface area (Å²) in [6, 6.07) is 1.59. The number of nitrogens with zero attached hydrogens (tertiary/aromatic N) is 2. The van der Waals surface area contributed by atoms with Gasteiger partial charge in [-0.3, -0.25) is 14.9 Å². The van der Waals surface area contributed by atoms with Crippen LogP contribution >= 0.6 is 0 Å². The Bertz CT molecular complexity index is 471. The molecule has 1 aromatic heterocycles. The second-order valence-corrected chi connectivity index (χ2v) is 4.64. The fraction of sp³-hybridized carbons (Fsp3) is 0.545. The molecule has 18 heavy (non-hydrogen) atoms. The van der Waals surface area contributed by atoms with Gasteiger partial charge in [0.2, 0.25) is 0 Å². The van der Waals surface area contributed by atoms with Gasteiger partial charge in [-0.15, -0.1) is 0 Å². The summed E-state index contributed by atoms with van der Waals surface area (Å²) < 4.78 is 0. The summed E-state index contributed by atoms with van der Waals surface area (Å²) in [5, 5.41) is 13.9. The van der Waals surface area contributed by atoms with Crippen molar-refractivity contribution in [1.29, 1.82) is 0 Å². The van der Waals surface area contributed by atoms with Crippen molar-refractivity contribution in [2.45, 2.75) is 25.9 Å². The zero-order chi connectivity index (χ0) is 13.3. The van der Waals surface area contributed by atoms with Gasteiger partial charge in [-0.1, -0.05) is 0 Å². The van der Waals surface area contributed by atoms with Crippen molar-refractivity contribution in [2.24, 2.45) is 0 Å². The highest BCUT2D eigenvalue weighted by atomic mass is 16.6. The summed E-state index contributed by atoms with van der Waals surface area (Å²) >= 11 is 0.